The first-order valence-corrected chi connectivity index (χ1v) is 8.15. The number of rotatable bonds is 5. The minimum absolute atomic E-state index is 0.533. The first-order chi connectivity index (χ1) is 10.2. The van der Waals surface area contributed by atoms with Gasteiger partial charge in [0.1, 0.15) is 23.1 Å². The molecule has 0 bridgehead atoms. The molecular weight excluding hydrogens is 330 g/mol. The third-order valence-corrected chi connectivity index (χ3v) is 4.32. The van der Waals surface area contributed by atoms with Crippen molar-refractivity contribution >= 4 is 21.7 Å². The van der Waals surface area contributed by atoms with Crippen LogP contribution in [0.3, 0.4) is 0 Å². The van der Waals surface area contributed by atoms with Crippen molar-refractivity contribution in [3.05, 3.63) is 28.5 Å². The Balaban J connectivity index is 2.14. The van der Waals surface area contributed by atoms with Gasteiger partial charge in [0.15, 0.2) is 0 Å². The van der Waals surface area contributed by atoms with Crippen LogP contribution in [0.1, 0.15) is 38.1 Å². The van der Waals surface area contributed by atoms with Crippen LogP contribution in [-0.4, -0.2) is 16.7 Å². The number of nitrogen functional groups attached to an aromatic ring is 1. The Labute approximate surface area is 133 Å². The Bertz CT molecular complexity index is 662. The molecular formula is C16H20BrN3O. The van der Waals surface area contributed by atoms with Gasteiger partial charge in [-0.1, -0.05) is 22.9 Å². The van der Waals surface area contributed by atoms with E-state index in [9.17, 15) is 0 Å². The summed E-state index contributed by atoms with van der Waals surface area (Å²) in [6, 6.07) is 6.45. The van der Waals surface area contributed by atoms with Crippen LogP contribution in [0.15, 0.2) is 22.7 Å². The van der Waals surface area contributed by atoms with Crippen LogP contribution in [-0.2, 0) is 6.42 Å². The van der Waals surface area contributed by atoms with Crippen molar-refractivity contribution in [3.63, 3.8) is 0 Å². The van der Waals surface area contributed by atoms with Gasteiger partial charge < -0.3 is 15.0 Å². The summed E-state index contributed by atoms with van der Waals surface area (Å²) < 4.78 is 8.69. The van der Waals surface area contributed by atoms with Crippen LogP contribution < -0.4 is 10.5 Å². The van der Waals surface area contributed by atoms with E-state index in [0.29, 0.717) is 6.04 Å². The number of hydrogen-bond acceptors (Lipinski definition) is 3. The summed E-state index contributed by atoms with van der Waals surface area (Å²) in [5, 5.41) is 0. The third-order valence-electron chi connectivity index (χ3n) is 3.82. The van der Waals surface area contributed by atoms with Gasteiger partial charge in [-0.25, -0.2) is 4.98 Å². The molecule has 0 atom stereocenters. The van der Waals surface area contributed by atoms with Crippen molar-refractivity contribution in [2.45, 2.75) is 38.6 Å². The maximum Gasteiger partial charge on any atom is 0.132 e. The fourth-order valence-corrected chi connectivity index (χ4v) is 3.06. The normalized spacial score (nSPS) is 14.4. The lowest BCUT2D eigenvalue weighted by molar-refractivity contribution is 0.416. The number of aromatic nitrogens is 2. The van der Waals surface area contributed by atoms with E-state index >= 15 is 0 Å². The van der Waals surface area contributed by atoms with E-state index in [-0.39, 0.29) is 0 Å². The van der Waals surface area contributed by atoms with Crippen molar-refractivity contribution in [2.24, 2.45) is 0 Å². The average molecular weight is 350 g/mol. The number of ether oxygens (including phenoxy) is 1. The molecule has 5 heteroatoms. The molecule has 1 aliphatic carbocycles. The lowest BCUT2D eigenvalue weighted by Crippen LogP contribution is -2.05. The zero-order valence-electron chi connectivity index (χ0n) is 12.4. The van der Waals surface area contributed by atoms with Gasteiger partial charge in [0.25, 0.3) is 0 Å². The van der Waals surface area contributed by atoms with E-state index < -0.39 is 0 Å². The molecule has 0 unspecified atom stereocenters. The smallest absolute Gasteiger partial charge is 0.132 e. The number of anilines is 1. The maximum atomic E-state index is 6.41. The molecule has 1 aromatic heterocycles. The van der Waals surface area contributed by atoms with Gasteiger partial charge in [0.05, 0.1) is 7.11 Å². The highest BCUT2D eigenvalue weighted by Crippen LogP contribution is 2.43. The fraction of sp³-hybridized carbons (Fsp3) is 0.438. The van der Waals surface area contributed by atoms with Crippen LogP contribution in [0.2, 0.25) is 0 Å². The van der Waals surface area contributed by atoms with Gasteiger partial charge in [-0.2, -0.15) is 0 Å². The molecule has 2 aromatic rings. The van der Waals surface area contributed by atoms with Gasteiger partial charge in [-0.3, -0.25) is 0 Å². The van der Waals surface area contributed by atoms with E-state index in [4.69, 9.17) is 15.5 Å². The number of methoxy groups -OCH3 is 1. The molecule has 3 rings (SSSR count). The van der Waals surface area contributed by atoms with Crippen LogP contribution in [0.5, 0.6) is 5.75 Å². The number of halogens is 1. The summed E-state index contributed by atoms with van der Waals surface area (Å²) in [6.45, 7) is 2.17. The highest BCUT2D eigenvalue weighted by atomic mass is 79.9. The first-order valence-electron chi connectivity index (χ1n) is 7.36. The van der Waals surface area contributed by atoms with Crippen molar-refractivity contribution in [1.82, 2.24) is 9.55 Å². The zero-order valence-corrected chi connectivity index (χ0v) is 14.0. The van der Waals surface area contributed by atoms with Gasteiger partial charge in [-0.15, -0.1) is 0 Å². The van der Waals surface area contributed by atoms with Gasteiger partial charge in [0, 0.05) is 22.5 Å². The molecule has 0 radical (unpaired) electrons. The third kappa shape index (κ3) is 2.67. The lowest BCUT2D eigenvalue weighted by atomic mass is 10.1. The second kappa shape index (κ2) is 5.72. The fourth-order valence-electron chi connectivity index (χ4n) is 2.70. The van der Waals surface area contributed by atoms with Crippen molar-refractivity contribution in [3.8, 4) is 17.0 Å². The van der Waals surface area contributed by atoms with Gasteiger partial charge in [0.2, 0.25) is 0 Å². The minimum Gasteiger partial charge on any atom is -0.496 e. The lowest BCUT2D eigenvalue weighted by Gasteiger charge is -2.09. The maximum absolute atomic E-state index is 6.41. The van der Waals surface area contributed by atoms with Crippen molar-refractivity contribution < 1.29 is 4.74 Å². The van der Waals surface area contributed by atoms with E-state index in [0.717, 1.165) is 46.0 Å². The quantitative estimate of drug-likeness (QED) is 0.880. The van der Waals surface area contributed by atoms with E-state index in [2.05, 4.69) is 27.4 Å². The van der Waals surface area contributed by atoms with Crippen LogP contribution in [0.4, 0.5) is 5.82 Å². The summed E-state index contributed by atoms with van der Waals surface area (Å²) in [7, 11) is 1.67. The second-order valence-electron chi connectivity index (χ2n) is 5.46. The first kappa shape index (κ1) is 14.4. The molecule has 4 nitrogen and oxygen atoms in total. The zero-order chi connectivity index (χ0) is 15.0. The van der Waals surface area contributed by atoms with Crippen LogP contribution >= 0.6 is 15.9 Å². The Morgan fingerprint density at radius 1 is 1.43 bits per heavy atom. The van der Waals surface area contributed by atoms with Gasteiger partial charge in [-0.05, 0) is 37.5 Å². The Morgan fingerprint density at radius 3 is 2.81 bits per heavy atom. The molecule has 1 fully saturated rings. The molecule has 2 N–H and O–H groups in total. The number of nitrogens with two attached hydrogens (primary N) is 1. The number of hydrogen-bond donors (Lipinski definition) is 1. The standard InChI is InChI=1S/C16H20BrN3O/c1-3-4-14-19-15(16(18)20(14)11-6-7-11)12-9-10(17)5-8-13(12)21-2/h5,8-9,11H,3-4,6-7,18H2,1-2H3. The topological polar surface area (TPSA) is 53.1 Å². The summed E-state index contributed by atoms with van der Waals surface area (Å²) >= 11 is 3.51. The summed E-state index contributed by atoms with van der Waals surface area (Å²) in [5.74, 6) is 2.65. The highest BCUT2D eigenvalue weighted by molar-refractivity contribution is 9.10. The number of aryl methyl sites for hydroxylation is 1. The average Bonchev–Trinajstić information content (AvgIpc) is 3.24. The van der Waals surface area contributed by atoms with E-state index in [1.807, 2.05) is 18.2 Å². The SMILES string of the molecule is CCCc1nc(-c2cc(Br)ccc2OC)c(N)n1C1CC1. The molecule has 21 heavy (non-hydrogen) atoms. The predicted octanol–water partition coefficient (Wildman–Crippen LogP) is 4.19. The number of nitrogens with zero attached hydrogens (tertiary/aromatic N) is 2. The minimum atomic E-state index is 0.533. The predicted molar refractivity (Wildman–Crippen MR) is 88.6 cm³/mol. The molecule has 1 aromatic carbocycles. The van der Waals surface area contributed by atoms with Crippen molar-refractivity contribution in [1.29, 1.82) is 0 Å². The molecule has 1 aliphatic rings. The summed E-state index contributed by atoms with van der Waals surface area (Å²) in [4.78, 5) is 4.82. The molecule has 1 saturated carbocycles. The van der Waals surface area contributed by atoms with E-state index in [1.165, 1.54) is 12.8 Å². The number of imidazole rings is 1. The monoisotopic (exact) mass is 349 g/mol. The summed E-state index contributed by atoms with van der Waals surface area (Å²) in [6.07, 6.45) is 4.42. The molecule has 0 aliphatic heterocycles. The van der Waals surface area contributed by atoms with Crippen LogP contribution in [0, 0.1) is 0 Å². The molecule has 0 saturated heterocycles. The Hall–Kier alpha value is -1.49. The second-order valence-corrected chi connectivity index (χ2v) is 6.37. The molecule has 112 valence electrons. The molecule has 1 heterocycles. The largest absolute Gasteiger partial charge is 0.496 e. The van der Waals surface area contributed by atoms with Gasteiger partial charge >= 0.3 is 0 Å². The van der Waals surface area contributed by atoms with Crippen molar-refractivity contribution in [2.75, 3.05) is 12.8 Å². The Kier molecular flexibility index (Phi) is 3.93. The molecule has 0 amide bonds. The molecule has 0 spiro atoms. The van der Waals surface area contributed by atoms with E-state index in [1.54, 1.807) is 7.11 Å². The highest BCUT2D eigenvalue weighted by Gasteiger charge is 2.30. The number of benzene rings is 1. The summed E-state index contributed by atoms with van der Waals surface area (Å²) in [5.41, 5.74) is 8.19. The van der Waals surface area contributed by atoms with Crippen LogP contribution in [0.25, 0.3) is 11.3 Å². The Morgan fingerprint density at radius 2 is 2.19 bits per heavy atom.